The maximum atomic E-state index is 12.4. The smallest absolute Gasteiger partial charge is 0.371 e. The summed E-state index contributed by atoms with van der Waals surface area (Å²) >= 11 is 2.93. The van der Waals surface area contributed by atoms with Crippen molar-refractivity contribution in [2.24, 2.45) is 0 Å². The minimum absolute atomic E-state index is 0.125. The molecule has 0 aliphatic rings. The second-order valence-corrected chi connectivity index (χ2v) is 6.59. The normalized spacial score (nSPS) is 12.1. The Bertz CT molecular complexity index is 590. The molecule has 19 heavy (non-hydrogen) atoms. The third-order valence-corrected chi connectivity index (χ3v) is 5.24. The molecule has 0 amide bonds. The highest BCUT2D eigenvalue weighted by Crippen LogP contribution is 2.29. The Morgan fingerprint density at radius 3 is 2.58 bits per heavy atom. The maximum absolute atomic E-state index is 12.4. The number of hydrogen-bond donors (Lipinski definition) is 1. The largest absolute Gasteiger partial charge is 0.475 e. The zero-order valence-corrected chi connectivity index (χ0v) is 12.9. The summed E-state index contributed by atoms with van der Waals surface area (Å²) in [5.41, 5.74) is 0. The van der Waals surface area contributed by atoms with Gasteiger partial charge in [0.2, 0.25) is 15.8 Å². The number of carbonyl (C=O) groups is 1. The third-order valence-electron chi connectivity index (χ3n) is 2.34. The molecule has 1 aromatic rings. The summed E-state index contributed by atoms with van der Waals surface area (Å²) in [4.78, 5) is 10.6. The van der Waals surface area contributed by atoms with Gasteiger partial charge in [-0.25, -0.2) is 13.2 Å². The zero-order valence-electron chi connectivity index (χ0n) is 10.5. The molecule has 0 aliphatic carbocycles. The first-order chi connectivity index (χ1) is 8.71. The van der Waals surface area contributed by atoms with Gasteiger partial charge in [-0.2, -0.15) is 4.31 Å². The molecule has 1 N–H and O–H groups in total. The minimum atomic E-state index is -3.85. The first-order valence-electron chi connectivity index (χ1n) is 5.37. The molecular formula is C11H14BrNO5S. The second kappa shape index (κ2) is 5.89. The molecule has 0 aromatic carbocycles. The van der Waals surface area contributed by atoms with Gasteiger partial charge in [0, 0.05) is 18.7 Å². The first kappa shape index (κ1) is 15.9. The topological polar surface area (TPSA) is 87.8 Å². The lowest BCUT2D eigenvalue weighted by molar-refractivity contribution is 0.0661. The Balaban J connectivity index is 3.33. The summed E-state index contributed by atoms with van der Waals surface area (Å²) < 4.78 is 30.8. The van der Waals surface area contributed by atoms with E-state index < -0.39 is 21.8 Å². The fourth-order valence-corrected chi connectivity index (χ4v) is 3.99. The molecule has 0 atom stereocenters. The number of furan rings is 1. The number of hydrogen-bond acceptors (Lipinski definition) is 4. The number of rotatable bonds is 6. The monoisotopic (exact) mass is 351 g/mol. The number of aromatic carboxylic acids is 1. The summed E-state index contributed by atoms with van der Waals surface area (Å²) in [6.07, 6.45) is 1.46. The molecular weight excluding hydrogens is 338 g/mol. The van der Waals surface area contributed by atoms with Crippen molar-refractivity contribution < 1.29 is 22.7 Å². The molecule has 0 saturated carbocycles. The highest BCUT2D eigenvalue weighted by atomic mass is 79.9. The van der Waals surface area contributed by atoms with Gasteiger partial charge in [0.15, 0.2) is 4.67 Å². The van der Waals surface area contributed by atoms with Crippen LogP contribution in [-0.2, 0) is 10.0 Å². The van der Waals surface area contributed by atoms with Gasteiger partial charge in [-0.05, 0) is 29.8 Å². The molecule has 1 heterocycles. The van der Waals surface area contributed by atoms with E-state index in [1.54, 1.807) is 13.8 Å². The van der Waals surface area contributed by atoms with E-state index in [1.807, 2.05) is 0 Å². The lowest BCUT2D eigenvalue weighted by Gasteiger charge is -2.23. The quantitative estimate of drug-likeness (QED) is 0.794. The third kappa shape index (κ3) is 3.26. The minimum Gasteiger partial charge on any atom is -0.475 e. The van der Waals surface area contributed by atoms with Gasteiger partial charge in [-0.3, -0.25) is 0 Å². The van der Waals surface area contributed by atoms with E-state index >= 15 is 0 Å². The van der Waals surface area contributed by atoms with E-state index in [9.17, 15) is 13.2 Å². The van der Waals surface area contributed by atoms with Crippen LogP contribution in [0.1, 0.15) is 24.4 Å². The number of sulfonamides is 1. The summed E-state index contributed by atoms with van der Waals surface area (Å²) in [5.74, 6) is -1.77. The maximum Gasteiger partial charge on any atom is 0.371 e. The zero-order chi connectivity index (χ0) is 14.8. The van der Waals surface area contributed by atoms with Gasteiger partial charge in [-0.1, -0.05) is 6.08 Å². The average molecular weight is 352 g/mol. The van der Waals surface area contributed by atoms with E-state index in [0.717, 1.165) is 6.07 Å². The van der Waals surface area contributed by atoms with Gasteiger partial charge < -0.3 is 9.52 Å². The average Bonchev–Trinajstić information content (AvgIpc) is 2.68. The van der Waals surface area contributed by atoms with E-state index in [-0.39, 0.29) is 22.2 Å². The van der Waals surface area contributed by atoms with Crippen LogP contribution in [0.4, 0.5) is 0 Å². The van der Waals surface area contributed by atoms with Crippen molar-refractivity contribution in [1.82, 2.24) is 4.31 Å². The van der Waals surface area contributed by atoms with E-state index in [4.69, 9.17) is 9.52 Å². The molecule has 0 bridgehead atoms. The van der Waals surface area contributed by atoms with E-state index in [1.165, 1.54) is 10.4 Å². The predicted molar refractivity (Wildman–Crippen MR) is 72.6 cm³/mol. The summed E-state index contributed by atoms with van der Waals surface area (Å²) in [6, 6.07) is 0.693. The van der Waals surface area contributed by atoms with Crippen LogP contribution in [0.2, 0.25) is 0 Å². The molecule has 0 fully saturated rings. The Hall–Kier alpha value is -1.12. The lowest BCUT2D eigenvalue weighted by Crippen LogP contribution is -2.37. The standard InChI is InChI=1S/C11H14BrNO5S/c1-4-5-13(7(2)3)19(16,17)9-6-8(11(14)15)18-10(9)12/h4,6-7H,1,5H2,2-3H3,(H,14,15). The second-order valence-electron chi connectivity index (χ2n) is 4.01. The van der Waals surface area contributed by atoms with Crippen molar-refractivity contribution >= 4 is 31.9 Å². The fraction of sp³-hybridized carbons (Fsp3) is 0.364. The van der Waals surface area contributed by atoms with Crippen molar-refractivity contribution in [2.75, 3.05) is 6.54 Å². The number of carboxylic acid groups (broad SMARTS) is 1. The van der Waals surface area contributed by atoms with Crippen molar-refractivity contribution in [2.45, 2.75) is 24.8 Å². The first-order valence-corrected chi connectivity index (χ1v) is 7.60. The van der Waals surface area contributed by atoms with Crippen LogP contribution in [0.5, 0.6) is 0 Å². The summed E-state index contributed by atoms with van der Waals surface area (Å²) in [5, 5.41) is 8.80. The molecule has 1 rings (SSSR count). The van der Waals surface area contributed by atoms with Crippen LogP contribution in [0.15, 0.2) is 32.7 Å². The van der Waals surface area contributed by atoms with Crippen LogP contribution >= 0.6 is 15.9 Å². The molecule has 0 aliphatic heterocycles. The number of nitrogens with zero attached hydrogens (tertiary/aromatic N) is 1. The van der Waals surface area contributed by atoms with Crippen molar-refractivity contribution in [1.29, 1.82) is 0 Å². The molecule has 0 saturated heterocycles. The van der Waals surface area contributed by atoms with Crippen LogP contribution < -0.4 is 0 Å². The number of carboxylic acids is 1. The van der Waals surface area contributed by atoms with Gasteiger partial charge in [0.1, 0.15) is 4.90 Å². The van der Waals surface area contributed by atoms with Crippen LogP contribution in [0.3, 0.4) is 0 Å². The number of halogens is 1. The SMILES string of the molecule is C=CCN(C(C)C)S(=O)(=O)c1cc(C(=O)O)oc1Br. The van der Waals surface area contributed by atoms with Gasteiger partial charge in [-0.15, -0.1) is 6.58 Å². The molecule has 6 nitrogen and oxygen atoms in total. The lowest BCUT2D eigenvalue weighted by atomic mass is 10.4. The molecule has 0 unspecified atom stereocenters. The Morgan fingerprint density at radius 2 is 2.21 bits per heavy atom. The van der Waals surface area contributed by atoms with Crippen molar-refractivity contribution in [3.8, 4) is 0 Å². The summed E-state index contributed by atoms with van der Waals surface area (Å²) in [7, 11) is -3.85. The Kier molecular flexibility index (Phi) is 4.94. The highest BCUT2D eigenvalue weighted by molar-refractivity contribution is 9.10. The van der Waals surface area contributed by atoms with Gasteiger partial charge >= 0.3 is 5.97 Å². The Labute approximate surface area is 119 Å². The van der Waals surface area contributed by atoms with Gasteiger partial charge in [0.25, 0.3) is 0 Å². The molecule has 0 spiro atoms. The predicted octanol–water partition coefficient (Wildman–Crippen LogP) is 2.33. The van der Waals surface area contributed by atoms with E-state index in [0.29, 0.717) is 0 Å². The van der Waals surface area contributed by atoms with Crippen LogP contribution in [0.25, 0.3) is 0 Å². The van der Waals surface area contributed by atoms with Crippen molar-refractivity contribution in [3.05, 3.63) is 29.2 Å². The van der Waals surface area contributed by atoms with Gasteiger partial charge in [0.05, 0.1) is 0 Å². The highest BCUT2D eigenvalue weighted by Gasteiger charge is 2.31. The summed E-state index contributed by atoms with van der Waals surface area (Å²) in [6.45, 7) is 7.07. The molecule has 0 radical (unpaired) electrons. The van der Waals surface area contributed by atoms with Crippen LogP contribution in [-0.4, -0.2) is 36.4 Å². The molecule has 1 aromatic heterocycles. The van der Waals surface area contributed by atoms with Crippen LogP contribution in [0, 0.1) is 0 Å². The van der Waals surface area contributed by atoms with E-state index in [2.05, 4.69) is 22.5 Å². The fourth-order valence-electron chi connectivity index (χ4n) is 1.47. The van der Waals surface area contributed by atoms with Crippen molar-refractivity contribution in [3.63, 3.8) is 0 Å². The molecule has 8 heteroatoms. The molecule has 106 valence electrons. The Morgan fingerprint density at radius 1 is 1.63 bits per heavy atom.